The van der Waals surface area contributed by atoms with E-state index in [9.17, 15) is 4.79 Å². The van der Waals surface area contributed by atoms with Crippen molar-refractivity contribution in [2.45, 2.75) is 42.6 Å². The minimum atomic E-state index is -0.243. The molecule has 1 saturated carbocycles. The molecule has 20 heavy (non-hydrogen) atoms. The van der Waals surface area contributed by atoms with Crippen molar-refractivity contribution >= 4 is 17.7 Å². The largest absolute Gasteiger partial charge is 0.467 e. The summed E-state index contributed by atoms with van der Waals surface area (Å²) in [6.07, 6.45) is 3.95. The Morgan fingerprint density at radius 3 is 3.20 bits per heavy atom. The molecular weight excluding hydrogens is 276 g/mol. The summed E-state index contributed by atoms with van der Waals surface area (Å²) in [5, 5.41) is 10.3. The summed E-state index contributed by atoms with van der Waals surface area (Å²) < 4.78 is 5.17. The first-order valence-electron chi connectivity index (χ1n) is 6.61. The Labute approximate surface area is 120 Å². The Kier molecular flexibility index (Phi) is 3.77. The fourth-order valence-electron chi connectivity index (χ4n) is 1.79. The Hall–Kier alpha value is -1.76. The zero-order chi connectivity index (χ0) is 13.9. The number of nitrogens with one attached hydrogen (secondary N) is 2. The molecule has 1 fully saturated rings. The lowest BCUT2D eigenvalue weighted by molar-refractivity contribution is -0.120. The molecular formula is C13H16N4O2S. The van der Waals surface area contributed by atoms with Gasteiger partial charge in [0.15, 0.2) is 0 Å². The number of amides is 1. The summed E-state index contributed by atoms with van der Waals surface area (Å²) in [5.41, 5.74) is 0. The molecule has 2 heterocycles. The standard InChI is InChI=1S/C13H16N4O2S/c1-8(12(18)14-7-10-3-2-6-19-10)20-13-15-11(16-17-13)9-4-5-9/h2-3,6,8-9H,4-5,7H2,1H3,(H,14,18)(H,15,16,17). The smallest absolute Gasteiger partial charge is 0.233 e. The van der Waals surface area contributed by atoms with Crippen LogP contribution in [0.15, 0.2) is 28.0 Å². The van der Waals surface area contributed by atoms with Gasteiger partial charge in [-0.15, -0.1) is 5.10 Å². The summed E-state index contributed by atoms with van der Waals surface area (Å²) in [5.74, 6) is 2.17. The Bertz CT molecular complexity index is 577. The quantitative estimate of drug-likeness (QED) is 0.796. The number of nitrogens with zero attached hydrogens (tertiary/aromatic N) is 2. The highest BCUT2D eigenvalue weighted by Gasteiger charge is 2.27. The summed E-state index contributed by atoms with van der Waals surface area (Å²) in [7, 11) is 0. The molecule has 2 N–H and O–H groups in total. The molecule has 2 aromatic rings. The van der Waals surface area contributed by atoms with E-state index in [1.807, 2.05) is 13.0 Å². The number of hydrogen-bond acceptors (Lipinski definition) is 5. The molecule has 6 nitrogen and oxygen atoms in total. The van der Waals surface area contributed by atoms with Crippen LogP contribution in [0.2, 0.25) is 0 Å². The molecule has 3 rings (SSSR count). The van der Waals surface area contributed by atoms with Crippen molar-refractivity contribution in [3.05, 3.63) is 30.0 Å². The van der Waals surface area contributed by atoms with E-state index in [0.29, 0.717) is 17.6 Å². The lowest BCUT2D eigenvalue weighted by Crippen LogP contribution is -2.30. The van der Waals surface area contributed by atoms with Gasteiger partial charge in [-0.2, -0.15) is 0 Å². The molecule has 1 aliphatic rings. The zero-order valence-electron chi connectivity index (χ0n) is 11.1. The van der Waals surface area contributed by atoms with E-state index in [-0.39, 0.29) is 11.2 Å². The topological polar surface area (TPSA) is 83.8 Å². The van der Waals surface area contributed by atoms with Crippen molar-refractivity contribution in [2.24, 2.45) is 0 Å². The number of carbonyl (C=O) groups is 1. The highest BCUT2D eigenvalue weighted by atomic mass is 32.2. The number of hydrogen-bond donors (Lipinski definition) is 2. The molecule has 1 amide bonds. The number of furan rings is 1. The van der Waals surface area contributed by atoms with E-state index in [1.54, 1.807) is 12.3 Å². The minimum Gasteiger partial charge on any atom is -0.467 e. The molecule has 106 valence electrons. The zero-order valence-corrected chi connectivity index (χ0v) is 11.9. The first-order chi connectivity index (χ1) is 9.72. The van der Waals surface area contributed by atoms with E-state index < -0.39 is 0 Å². The minimum absolute atomic E-state index is 0.0517. The van der Waals surface area contributed by atoms with Crippen LogP contribution in [0.4, 0.5) is 0 Å². The van der Waals surface area contributed by atoms with Crippen molar-refractivity contribution in [1.29, 1.82) is 0 Å². The number of H-pyrrole nitrogens is 1. The molecule has 1 atom stereocenters. The van der Waals surface area contributed by atoms with Crippen LogP contribution in [-0.2, 0) is 11.3 Å². The van der Waals surface area contributed by atoms with Crippen molar-refractivity contribution < 1.29 is 9.21 Å². The lowest BCUT2D eigenvalue weighted by atomic mass is 10.4. The molecule has 1 unspecified atom stereocenters. The van der Waals surface area contributed by atoms with Crippen molar-refractivity contribution in [1.82, 2.24) is 20.5 Å². The predicted molar refractivity (Wildman–Crippen MR) is 74.2 cm³/mol. The van der Waals surface area contributed by atoms with Gasteiger partial charge in [0.25, 0.3) is 0 Å². The third-order valence-corrected chi connectivity index (χ3v) is 4.08. The van der Waals surface area contributed by atoms with Crippen LogP contribution < -0.4 is 5.32 Å². The maximum absolute atomic E-state index is 12.0. The summed E-state index contributed by atoms with van der Waals surface area (Å²) in [6, 6.07) is 3.63. The van der Waals surface area contributed by atoms with E-state index in [0.717, 1.165) is 11.6 Å². The second-order valence-electron chi connectivity index (χ2n) is 4.83. The molecule has 2 aromatic heterocycles. The molecule has 0 aromatic carbocycles. The van der Waals surface area contributed by atoms with Crippen molar-refractivity contribution in [3.63, 3.8) is 0 Å². The third kappa shape index (κ3) is 3.22. The number of aromatic nitrogens is 3. The number of carbonyl (C=O) groups excluding carboxylic acids is 1. The molecule has 0 aliphatic heterocycles. The first kappa shape index (κ1) is 13.2. The third-order valence-electron chi connectivity index (χ3n) is 3.11. The number of aromatic amines is 1. The van der Waals surface area contributed by atoms with Gasteiger partial charge in [0.1, 0.15) is 11.6 Å². The molecule has 0 saturated heterocycles. The highest BCUT2D eigenvalue weighted by Crippen LogP contribution is 2.38. The summed E-state index contributed by atoms with van der Waals surface area (Å²) in [6.45, 7) is 2.24. The van der Waals surface area contributed by atoms with E-state index in [2.05, 4.69) is 20.5 Å². The van der Waals surface area contributed by atoms with E-state index in [1.165, 1.54) is 24.6 Å². The van der Waals surface area contributed by atoms with Crippen LogP contribution in [0.5, 0.6) is 0 Å². The van der Waals surface area contributed by atoms with Gasteiger partial charge in [-0.05, 0) is 31.9 Å². The molecule has 0 bridgehead atoms. The van der Waals surface area contributed by atoms with Gasteiger partial charge < -0.3 is 9.73 Å². The Morgan fingerprint density at radius 1 is 1.65 bits per heavy atom. The van der Waals surface area contributed by atoms with Gasteiger partial charge in [0, 0.05) is 5.92 Å². The average molecular weight is 292 g/mol. The molecule has 7 heteroatoms. The Balaban J connectivity index is 1.49. The van der Waals surface area contributed by atoms with Crippen LogP contribution >= 0.6 is 11.8 Å². The summed E-state index contributed by atoms with van der Waals surface area (Å²) >= 11 is 1.36. The normalized spacial score (nSPS) is 16.1. The van der Waals surface area contributed by atoms with Gasteiger partial charge >= 0.3 is 0 Å². The van der Waals surface area contributed by atoms with Crippen LogP contribution in [0.1, 0.15) is 37.3 Å². The maximum atomic E-state index is 12.0. The lowest BCUT2D eigenvalue weighted by Gasteiger charge is -2.08. The monoisotopic (exact) mass is 292 g/mol. The fourth-order valence-corrected chi connectivity index (χ4v) is 2.55. The van der Waals surface area contributed by atoms with E-state index >= 15 is 0 Å². The van der Waals surface area contributed by atoms with Crippen LogP contribution in [-0.4, -0.2) is 26.3 Å². The van der Waals surface area contributed by atoms with Crippen LogP contribution in [0.25, 0.3) is 0 Å². The predicted octanol–water partition coefficient (Wildman–Crippen LogP) is 2.07. The fraction of sp³-hybridized carbons (Fsp3) is 0.462. The molecule has 0 spiro atoms. The van der Waals surface area contributed by atoms with Gasteiger partial charge in [0.2, 0.25) is 11.1 Å². The van der Waals surface area contributed by atoms with E-state index in [4.69, 9.17) is 4.42 Å². The second kappa shape index (κ2) is 5.70. The van der Waals surface area contributed by atoms with Gasteiger partial charge in [-0.3, -0.25) is 9.89 Å². The molecule has 1 aliphatic carbocycles. The van der Waals surface area contributed by atoms with Crippen molar-refractivity contribution in [2.75, 3.05) is 0 Å². The summed E-state index contributed by atoms with van der Waals surface area (Å²) in [4.78, 5) is 16.4. The maximum Gasteiger partial charge on any atom is 0.233 e. The highest BCUT2D eigenvalue weighted by molar-refractivity contribution is 8.00. The van der Waals surface area contributed by atoms with Gasteiger partial charge in [0.05, 0.1) is 18.1 Å². The first-order valence-corrected chi connectivity index (χ1v) is 7.49. The van der Waals surface area contributed by atoms with Gasteiger partial charge in [-0.1, -0.05) is 11.8 Å². The Morgan fingerprint density at radius 2 is 2.50 bits per heavy atom. The number of thioether (sulfide) groups is 1. The van der Waals surface area contributed by atoms with Crippen LogP contribution in [0, 0.1) is 0 Å². The number of rotatable bonds is 6. The second-order valence-corrected chi connectivity index (χ2v) is 6.14. The van der Waals surface area contributed by atoms with Crippen molar-refractivity contribution in [3.8, 4) is 0 Å². The van der Waals surface area contributed by atoms with Crippen LogP contribution in [0.3, 0.4) is 0 Å². The molecule has 0 radical (unpaired) electrons. The van der Waals surface area contributed by atoms with Gasteiger partial charge in [-0.25, -0.2) is 4.98 Å². The average Bonchev–Trinajstić information content (AvgIpc) is 2.98. The SMILES string of the molecule is CC(Sc1n[nH]c(C2CC2)n1)C(=O)NCc1ccco1.